The average Bonchev–Trinajstić information content (AvgIpc) is 2.80. The summed E-state index contributed by atoms with van der Waals surface area (Å²) in [5.74, 6) is 0.491. The Bertz CT molecular complexity index is 429. The van der Waals surface area contributed by atoms with E-state index in [-0.39, 0.29) is 5.43 Å². The summed E-state index contributed by atoms with van der Waals surface area (Å²) < 4.78 is 0. The molecule has 1 aliphatic rings. The summed E-state index contributed by atoms with van der Waals surface area (Å²) in [5.41, 5.74) is 3.58. The third-order valence-corrected chi connectivity index (χ3v) is 2.48. The van der Waals surface area contributed by atoms with Crippen LogP contribution in [0.1, 0.15) is 24.0 Å². The fraction of sp³-hybridized carbons (Fsp3) is 0.250. The SMILES string of the molecule is CC1=CC1c1cccc(=O)c(C)c1. The minimum absolute atomic E-state index is 0.115. The minimum Gasteiger partial charge on any atom is -0.290 e. The molecule has 1 aliphatic carbocycles. The summed E-state index contributed by atoms with van der Waals surface area (Å²) in [4.78, 5) is 11.3. The quantitative estimate of drug-likeness (QED) is 0.594. The van der Waals surface area contributed by atoms with Crippen molar-refractivity contribution in [1.82, 2.24) is 0 Å². The van der Waals surface area contributed by atoms with Crippen LogP contribution in [-0.2, 0) is 0 Å². The Morgan fingerprint density at radius 3 is 2.54 bits per heavy atom. The molecule has 1 heteroatoms. The van der Waals surface area contributed by atoms with Crippen molar-refractivity contribution in [1.29, 1.82) is 0 Å². The van der Waals surface area contributed by atoms with Gasteiger partial charge in [0.1, 0.15) is 0 Å². The Morgan fingerprint density at radius 2 is 1.92 bits per heavy atom. The van der Waals surface area contributed by atoms with Crippen LogP contribution in [0.3, 0.4) is 0 Å². The summed E-state index contributed by atoms with van der Waals surface area (Å²) in [7, 11) is 0. The number of hydrogen-bond acceptors (Lipinski definition) is 1. The van der Waals surface area contributed by atoms with Gasteiger partial charge in [-0.1, -0.05) is 29.8 Å². The zero-order valence-corrected chi connectivity index (χ0v) is 7.87. The Balaban J connectivity index is 2.46. The zero-order valence-electron chi connectivity index (χ0n) is 7.87. The van der Waals surface area contributed by atoms with Crippen molar-refractivity contribution in [2.75, 3.05) is 0 Å². The summed E-state index contributed by atoms with van der Waals surface area (Å²) in [6.07, 6.45) is 2.21. The Morgan fingerprint density at radius 1 is 1.23 bits per heavy atom. The van der Waals surface area contributed by atoms with E-state index in [0.717, 1.165) is 5.56 Å². The highest BCUT2D eigenvalue weighted by Gasteiger charge is 2.21. The summed E-state index contributed by atoms with van der Waals surface area (Å²) in [6, 6.07) is 7.46. The molecule has 0 radical (unpaired) electrons. The van der Waals surface area contributed by atoms with Crippen LogP contribution in [0.5, 0.6) is 0 Å². The molecule has 0 amide bonds. The molecule has 0 aromatic heterocycles. The fourth-order valence-electron chi connectivity index (χ4n) is 1.51. The van der Waals surface area contributed by atoms with E-state index < -0.39 is 0 Å². The second-order valence-electron chi connectivity index (χ2n) is 3.61. The molecule has 0 aliphatic heterocycles. The van der Waals surface area contributed by atoms with Gasteiger partial charge in [-0.2, -0.15) is 0 Å². The van der Waals surface area contributed by atoms with Gasteiger partial charge >= 0.3 is 0 Å². The molecule has 0 saturated heterocycles. The van der Waals surface area contributed by atoms with Gasteiger partial charge in [0.05, 0.1) is 0 Å². The predicted molar refractivity (Wildman–Crippen MR) is 53.9 cm³/mol. The standard InChI is InChI=1S/C12H12O/c1-8-7-11(8)10-4-3-5-12(13)9(2)6-10/h3-7,11H,1-2H3. The van der Waals surface area contributed by atoms with E-state index in [9.17, 15) is 4.79 Å². The van der Waals surface area contributed by atoms with Gasteiger partial charge in [-0.05, 0) is 31.0 Å². The molecular formula is C12H12O. The van der Waals surface area contributed by atoms with Crippen LogP contribution in [0.15, 0.2) is 40.7 Å². The highest BCUT2D eigenvalue weighted by Crippen LogP contribution is 2.37. The van der Waals surface area contributed by atoms with Crippen LogP contribution in [-0.4, -0.2) is 0 Å². The first-order valence-electron chi connectivity index (χ1n) is 4.47. The van der Waals surface area contributed by atoms with Crippen LogP contribution in [0, 0.1) is 6.92 Å². The van der Waals surface area contributed by atoms with Gasteiger partial charge in [-0.3, -0.25) is 4.79 Å². The summed E-state index contributed by atoms with van der Waals surface area (Å²) in [6.45, 7) is 3.98. The molecule has 13 heavy (non-hydrogen) atoms. The normalized spacial score (nSPS) is 19.5. The number of aryl methyl sites for hydroxylation is 1. The van der Waals surface area contributed by atoms with Gasteiger partial charge in [0.25, 0.3) is 0 Å². The smallest absolute Gasteiger partial charge is 0.181 e. The van der Waals surface area contributed by atoms with Crippen molar-refractivity contribution in [3.63, 3.8) is 0 Å². The molecule has 1 unspecified atom stereocenters. The number of hydrogen-bond donors (Lipinski definition) is 0. The van der Waals surface area contributed by atoms with E-state index in [1.54, 1.807) is 6.07 Å². The minimum atomic E-state index is 0.115. The van der Waals surface area contributed by atoms with Crippen molar-refractivity contribution in [3.8, 4) is 0 Å². The lowest BCUT2D eigenvalue weighted by Crippen LogP contribution is -1.97. The maximum absolute atomic E-state index is 11.3. The van der Waals surface area contributed by atoms with Crippen molar-refractivity contribution in [2.24, 2.45) is 0 Å². The maximum atomic E-state index is 11.3. The van der Waals surface area contributed by atoms with Crippen LogP contribution in [0.25, 0.3) is 0 Å². The van der Waals surface area contributed by atoms with Gasteiger partial charge in [0, 0.05) is 5.92 Å². The topological polar surface area (TPSA) is 17.1 Å². The van der Waals surface area contributed by atoms with E-state index in [4.69, 9.17) is 0 Å². The zero-order chi connectivity index (χ0) is 9.42. The van der Waals surface area contributed by atoms with E-state index in [1.165, 1.54) is 11.1 Å². The van der Waals surface area contributed by atoms with Gasteiger partial charge in [-0.15, -0.1) is 0 Å². The number of rotatable bonds is 1. The summed E-state index contributed by atoms with van der Waals surface area (Å²) in [5, 5.41) is 0. The van der Waals surface area contributed by atoms with Gasteiger partial charge in [0.2, 0.25) is 0 Å². The highest BCUT2D eigenvalue weighted by atomic mass is 16.1. The van der Waals surface area contributed by atoms with Crippen LogP contribution in [0.2, 0.25) is 0 Å². The Hall–Kier alpha value is -1.37. The molecule has 1 aromatic carbocycles. The van der Waals surface area contributed by atoms with Gasteiger partial charge in [0.15, 0.2) is 5.43 Å². The molecule has 0 heterocycles. The molecule has 0 bridgehead atoms. The lowest BCUT2D eigenvalue weighted by molar-refractivity contribution is 1.17. The predicted octanol–water partition coefficient (Wildman–Crippen LogP) is 2.40. The van der Waals surface area contributed by atoms with Crippen LogP contribution < -0.4 is 5.43 Å². The van der Waals surface area contributed by atoms with Crippen LogP contribution >= 0.6 is 0 Å². The molecule has 1 nitrogen and oxygen atoms in total. The van der Waals surface area contributed by atoms with Crippen LogP contribution in [0.4, 0.5) is 0 Å². The van der Waals surface area contributed by atoms with Crippen molar-refractivity contribution in [3.05, 3.63) is 57.3 Å². The first-order valence-corrected chi connectivity index (χ1v) is 4.47. The lowest BCUT2D eigenvalue weighted by atomic mass is 10.1. The van der Waals surface area contributed by atoms with Crippen molar-refractivity contribution in [2.45, 2.75) is 19.8 Å². The first kappa shape index (κ1) is 8.24. The molecule has 0 N–H and O–H groups in total. The fourth-order valence-corrected chi connectivity index (χ4v) is 1.51. The largest absolute Gasteiger partial charge is 0.290 e. The third kappa shape index (κ3) is 1.55. The molecule has 1 aromatic rings. The van der Waals surface area contributed by atoms with Crippen molar-refractivity contribution < 1.29 is 0 Å². The Kier molecular flexibility index (Phi) is 1.80. The molecule has 1 atom stereocenters. The lowest BCUT2D eigenvalue weighted by Gasteiger charge is -1.94. The molecule has 0 saturated carbocycles. The molecular weight excluding hydrogens is 160 g/mol. The van der Waals surface area contributed by atoms with Gasteiger partial charge < -0.3 is 0 Å². The second-order valence-corrected chi connectivity index (χ2v) is 3.61. The second kappa shape index (κ2) is 2.84. The molecule has 2 rings (SSSR count). The van der Waals surface area contributed by atoms with Gasteiger partial charge in [-0.25, -0.2) is 0 Å². The third-order valence-electron chi connectivity index (χ3n) is 2.48. The monoisotopic (exact) mass is 172 g/mol. The van der Waals surface area contributed by atoms with E-state index in [2.05, 4.69) is 13.0 Å². The number of allylic oxidation sites excluding steroid dienone is 2. The average molecular weight is 172 g/mol. The van der Waals surface area contributed by atoms with E-state index >= 15 is 0 Å². The molecule has 0 spiro atoms. The maximum Gasteiger partial charge on any atom is 0.181 e. The molecule has 66 valence electrons. The first-order chi connectivity index (χ1) is 6.18. The summed E-state index contributed by atoms with van der Waals surface area (Å²) >= 11 is 0. The van der Waals surface area contributed by atoms with Crippen molar-refractivity contribution >= 4 is 0 Å². The highest BCUT2D eigenvalue weighted by molar-refractivity contribution is 5.44. The molecule has 0 fully saturated rings. The van der Waals surface area contributed by atoms with E-state index in [0.29, 0.717) is 5.92 Å². The van der Waals surface area contributed by atoms with E-state index in [1.807, 2.05) is 25.1 Å². The Labute approximate surface area is 77.7 Å².